The van der Waals surface area contributed by atoms with Gasteiger partial charge in [0.2, 0.25) is 11.7 Å². The van der Waals surface area contributed by atoms with E-state index in [9.17, 15) is 26.4 Å². The van der Waals surface area contributed by atoms with Gasteiger partial charge in [-0.15, -0.1) is 0 Å². The predicted octanol–water partition coefficient (Wildman–Crippen LogP) is 0.937. The van der Waals surface area contributed by atoms with Crippen molar-refractivity contribution in [1.82, 2.24) is 15.0 Å². The van der Waals surface area contributed by atoms with Gasteiger partial charge in [0.1, 0.15) is 11.6 Å². The average Bonchev–Trinajstić information content (AvgIpc) is 3.26. The summed E-state index contributed by atoms with van der Waals surface area (Å²) in [5.74, 6) is -2.63. The number of aromatic nitrogens is 1. The highest BCUT2D eigenvalue weighted by molar-refractivity contribution is 7.91. The molecule has 1 heterocycles. The first-order valence-corrected chi connectivity index (χ1v) is 13.4. The number of hydrogen-bond acceptors (Lipinski definition) is 9. The zero-order valence-corrected chi connectivity index (χ0v) is 19.7. The van der Waals surface area contributed by atoms with Gasteiger partial charge in [0.05, 0.1) is 23.5 Å². The van der Waals surface area contributed by atoms with Crippen molar-refractivity contribution in [3.8, 4) is 0 Å². The summed E-state index contributed by atoms with van der Waals surface area (Å²) in [6.45, 7) is 0.891. The summed E-state index contributed by atoms with van der Waals surface area (Å²) in [5.41, 5.74) is 0.874. The van der Waals surface area contributed by atoms with Crippen LogP contribution in [0, 0.1) is 0 Å². The normalized spacial score (nSPS) is 13.1. The number of sulfonamides is 1. The summed E-state index contributed by atoms with van der Waals surface area (Å²) in [4.78, 5) is 32.8. The number of nitrogens with one attached hydrogen (secondary N) is 2. The van der Waals surface area contributed by atoms with Crippen LogP contribution in [-0.4, -0.2) is 63.9 Å². The van der Waals surface area contributed by atoms with Gasteiger partial charge in [-0.1, -0.05) is 37.3 Å². The van der Waals surface area contributed by atoms with Crippen LogP contribution in [0.3, 0.4) is 0 Å². The molecule has 0 aliphatic heterocycles. The Morgan fingerprint density at radius 1 is 1.06 bits per heavy atom. The quantitative estimate of drug-likeness (QED) is 0.220. The molecule has 2 N–H and O–H groups in total. The highest BCUT2D eigenvalue weighted by atomic mass is 32.2. The van der Waals surface area contributed by atoms with E-state index >= 15 is 0 Å². The van der Waals surface area contributed by atoms with Crippen molar-refractivity contribution in [2.24, 2.45) is 4.99 Å². The molecule has 34 heavy (non-hydrogen) atoms. The van der Waals surface area contributed by atoms with Crippen LogP contribution in [0.15, 0.2) is 68.9 Å². The van der Waals surface area contributed by atoms with Crippen LogP contribution >= 0.6 is 0 Å². The Kier molecular flexibility index (Phi) is 7.79. The van der Waals surface area contributed by atoms with E-state index in [1.807, 2.05) is 0 Å². The summed E-state index contributed by atoms with van der Waals surface area (Å²) in [5, 5.41) is 2.31. The van der Waals surface area contributed by atoms with E-state index in [0.29, 0.717) is 11.1 Å². The average molecular weight is 507 g/mol. The third-order valence-electron chi connectivity index (χ3n) is 4.63. The summed E-state index contributed by atoms with van der Waals surface area (Å²) in [6, 6.07) is 12.7. The molecule has 1 amide bonds. The Morgan fingerprint density at radius 3 is 2.41 bits per heavy atom. The number of nitrogens with zero attached hydrogens (tertiary/aromatic N) is 2. The zero-order valence-electron chi connectivity index (χ0n) is 18.0. The van der Waals surface area contributed by atoms with E-state index in [1.165, 1.54) is 31.2 Å². The smallest absolute Gasteiger partial charge is 0.266 e. The van der Waals surface area contributed by atoms with E-state index in [1.54, 1.807) is 30.3 Å². The first-order chi connectivity index (χ1) is 16.1. The third-order valence-corrected chi connectivity index (χ3v) is 7.64. The highest BCUT2D eigenvalue weighted by Gasteiger charge is 2.25. The first-order valence-electron chi connectivity index (χ1n) is 10.1. The monoisotopic (exact) mass is 506 g/mol. The molecule has 1 atom stereocenters. The summed E-state index contributed by atoms with van der Waals surface area (Å²) >= 11 is 0. The second-order valence-corrected chi connectivity index (χ2v) is 11.2. The van der Waals surface area contributed by atoms with E-state index < -0.39 is 49.9 Å². The van der Waals surface area contributed by atoms with Crippen molar-refractivity contribution < 1.29 is 30.8 Å². The van der Waals surface area contributed by atoms with E-state index in [-0.39, 0.29) is 16.5 Å². The van der Waals surface area contributed by atoms with Crippen molar-refractivity contribution in [3.63, 3.8) is 0 Å². The molecule has 0 bridgehead atoms. The van der Waals surface area contributed by atoms with Crippen LogP contribution < -0.4 is 10.0 Å². The lowest BCUT2D eigenvalue weighted by Gasteiger charge is -2.12. The minimum atomic E-state index is -3.96. The highest BCUT2D eigenvalue weighted by Crippen LogP contribution is 2.14. The number of carbonyl (C=O) groups excluding carboxylic acids is 2. The molecular weight excluding hydrogens is 484 g/mol. The van der Waals surface area contributed by atoms with Gasteiger partial charge in [-0.05, 0) is 24.3 Å². The minimum Gasteiger partial charge on any atom is -0.434 e. The second kappa shape index (κ2) is 10.6. The zero-order chi connectivity index (χ0) is 24.8. The number of carbonyl (C=O) groups is 2. The Labute approximate surface area is 196 Å². The van der Waals surface area contributed by atoms with Crippen molar-refractivity contribution >= 4 is 49.0 Å². The molecule has 0 saturated heterocycles. The SMILES string of the molecule is CCS(=O)(=O)CC(N=CNS(=O)(=O)c1ccccc1)C(=O)NCC(=O)c1nc2ccccc2o1. The molecule has 3 rings (SSSR count). The molecule has 0 spiro atoms. The van der Waals surface area contributed by atoms with Crippen LogP contribution in [0.4, 0.5) is 0 Å². The first kappa shape index (κ1) is 25.1. The molecule has 180 valence electrons. The number of fused-ring (bicyclic) bond motifs is 1. The van der Waals surface area contributed by atoms with E-state index in [4.69, 9.17) is 4.42 Å². The van der Waals surface area contributed by atoms with Gasteiger partial charge in [0.15, 0.2) is 15.4 Å². The van der Waals surface area contributed by atoms with Crippen LogP contribution in [0.5, 0.6) is 0 Å². The van der Waals surface area contributed by atoms with Crippen LogP contribution in [0.1, 0.15) is 17.6 Å². The lowest BCUT2D eigenvalue weighted by molar-refractivity contribution is -0.121. The van der Waals surface area contributed by atoms with Gasteiger partial charge in [-0.2, -0.15) is 0 Å². The second-order valence-electron chi connectivity index (χ2n) is 7.05. The largest absolute Gasteiger partial charge is 0.434 e. The number of hydrogen-bond donors (Lipinski definition) is 2. The Bertz CT molecular complexity index is 1380. The molecule has 0 saturated carbocycles. The number of ketones is 1. The van der Waals surface area contributed by atoms with Crippen molar-refractivity contribution in [1.29, 1.82) is 0 Å². The number of sulfone groups is 1. The van der Waals surface area contributed by atoms with Gasteiger partial charge in [-0.25, -0.2) is 21.8 Å². The van der Waals surface area contributed by atoms with Gasteiger partial charge in [0, 0.05) is 5.75 Å². The molecule has 0 aliphatic rings. The van der Waals surface area contributed by atoms with Gasteiger partial charge in [0.25, 0.3) is 15.9 Å². The van der Waals surface area contributed by atoms with Crippen molar-refractivity contribution in [2.45, 2.75) is 17.9 Å². The fraction of sp³-hybridized carbons (Fsp3) is 0.238. The van der Waals surface area contributed by atoms with Crippen molar-refractivity contribution in [2.75, 3.05) is 18.1 Å². The van der Waals surface area contributed by atoms with Crippen molar-refractivity contribution in [3.05, 3.63) is 60.5 Å². The maximum atomic E-state index is 12.6. The number of benzene rings is 2. The van der Waals surface area contributed by atoms with Gasteiger partial charge in [-0.3, -0.25) is 19.3 Å². The summed E-state index contributed by atoms with van der Waals surface area (Å²) in [7, 11) is -7.62. The Morgan fingerprint density at radius 2 is 1.74 bits per heavy atom. The third kappa shape index (κ3) is 6.48. The molecule has 11 nitrogen and oxygen atoms in total. The Balaban J connectivity index is 1.69. The van der Waals surface area contributed by atoms with Crippen LogP contribution in [0.2, 0.25) is 0 Å². The fourth-order valence-corrected chi connectivity index (χ4v) is 4.56. The number of para-hydroxylation sites is 2. The molecule has 1 aromatic heterocycles. The number of Topliss-reactive ketones (excluding diaryl/α,β-unsaturated/α-hetero) is 1. The minimum absolute atomic E-state index is 0.0347. The molecule has 0 fully saturated rings. The van der Waals surface area contributed by atoms with Crippen LogP contribution in [0.25, 0.3) is 11.1 Å². The molecular formula is C21H22N4O7S2. The lowest BCUT2D eigenvalue weighted by atomic mass is 10.3. The van der Waals surface area contributed by atoms with E-state index in [0.717, 1.165) is 6.34 Å². The standard InChI is InChI=1S/C21H22N4O7S2/c1-2-33(28,29)13-17(23-14-24-34(30,31)15-8-4-3-5-9-15)20(27)22-12-18(26)21-25-16-10-6-7-11-19(16)32-21/h3-11,14,17H,2,12-13H2,1H3,(H,22,27)(H,23,24). The number of aliphatic imine (C=N–C) groups is 1. The van der Waals surface area contributed by atoms with Gasteiger partial charge < -0.3 is 9.73 Å². The lowest BCUT2D eigenvalue weighted by Crippen LogP contribution is -2.41. The molecule has 0 aliphatic carbocycles. The Hall–Kier alpha value is -3.58. The number of oxazole rings is 1. The fourth-order valence-electron chi connectivity index (χ4n) is 2.75. The van der Waals surface area contributed by atoms with Crippen LogP contribution in [-0.2, 0) is 24.7 Å². The summed E-state index contributed by atoms with van der Waals surface area (Å²) < 4.78 is 56.2. The molecule has 1 unspecified atom stereocenters. The molecule has 0 radical (unpaired) electrons. The molecule has 2 aromatic carbocycles. The topological polar surface area (TPSA) is 165 Å². The maximum Gasteiger partial charge on any atom is 0.266 e. The van der Waals surface area contributed by atoms with Gasteiger partial charge >= 0.3 is 0 Å². The number of amides is 1. The predicted molar refractivity (Wildman–Crippen MR) is 125 cm³/mol. The molecule has 13 heteroatoms. The maximum absolute atomic E-state index is 12.6. The number of rotatable bonds is 11. The van der Waals surface area contributed by atoms with E-state index in [2.05, 4.69) is 20.0 Å². The summed E-state index contributed by atoms with van der Waals surface area (Å²) in [6.07, 6.45) is 0.750. The molecule has 3 aromatic rings.